The van der Waals surface area contributed by atoms with Crippen molar-refractivity contribution in [3.8, 4) is 0 Å². The van der Waals surface area contributed by atoms with Gasteiger partial charge in [0.05, 0.1) is 6.04 Å². The number of carbonyl (C=O) groups excluding carboxylic acids is 1. The van der Waals surface area contributed by atoms with E-state index in [0.717, 1.165) is 43.1 Å². The van der Waals surface area contributed by atoms with E-state index >= 15 is 0 Å². The summed E-state index contributed by atoms with van der Waals surface area (Å²) >= 11 is 6.26. The minimum atomic E-state index is 0.0838. The molecule has 2 aliphatic rings. The summed E-state index contributed by atoms with van der Waals surface area (Å²) in [5.41, 5.74) is 1.06. The number of rotatable bonds is 2. The lowest BCUT2D eigenvalue weighted by atomic mass is 10.0. The number of nitrogens with one attached hydrogen (secondary N) is 1. The molecule has 0 spiro atoms. The Morgan fingerprint density at radius 3 is 2.83 bits per heavy atom. The molecule has 18 heavy (non-hydrogen) atoms. The Hall–Kier alpha value is -1.06. The maximum absolute atomic E-state index is 12.3. The van der Waals surface area contributed by atoms with E-state index in [1.54, 1.807) is 0 Å². The van der Waals surface area contributed by atoms with Gasteiger partial charge >= 0.3 is 0 Å². The molecule has 1 aliphatic heterocycles. The van der Waals surface area contributed by atoms with Crippen molar-refractivity contribution in [1.29, 1.82) is 0 Å². The number of nitrogens with zero attached hydrogens (tertiary/aromatic N) is 1. The third-order valence-corrected chi connectivity index (χ3v) is 4.06. The van der Waals surface area contributed by atoms with Crippen molar-refractivity contribution < 1.29 is 4.79 Å². The Balaban J connectivity index is 1.87. The molecule has 2 fully saturated rings. The zero-order valence-corrected chi connectivity index (χ0v) is 11.0. The van der Waals surface area contributed by atoms with Crippen molar-refractivity contribution in [3.05, 3.63) is 34.9 Å². The van der Waals surface area contributed by atoms with E-state index in [0.29, 0.717) is 5.91 Å². The van der Waals surface area contributed by atoms with Gasteiger partial charge in [0.15, 0.2) is 0 Å². The molecule has 3 rings (SSSR count). The smallest absolute Gasteiger partial charge is 0.226 e. The van der Waals surface area contributed by atoms with E-state index in [2.05, 4.69) is 5.32 Å². The Morgan fingerprint density at radius 2 is 2.11 bits per heavy atom. The average Bonchev–Trinajstić information content (AvgIpc) is 3.23. The van der Waals surface area contributed by atoms with Gasteiger partial charge in [-0.3, -0.25) is 4.79 Å². The molecule has 1 aliphatic carbocycles. The first-order valence-electron chi connectivity index (χ1n) is 6.53. The second kappa shape index (κ2) is 4.90. The normalized spacial score (nSPS) is 24.1. The van der Waals surface area contributed by atoms with Gasteiger partial charge in [0, 0.05) is 30.6 Å². The van der Waals surface area contributed by atoms with Crippen LogP contribution in [-0.4, -0.2) is 30.4 Å². The molecule has 0 aromatic heterocycles. The number of halogens is 1. The van der Waals surface area contributed by atoms with Gasteiger partial charge in [0.1, 0.15) is 0 Å². The molecule has 4 heteroatoms. The van der Waals surface area contributed by atoms with Crippen molar-refractivity contribution >= 4 is 17.5 Å². The van der Waals surface area contributed by atoms with Gasteiger partial charge in [0.2, 0.25) is 5.91 Å². The highest BCUT2D eigenvalue weighted by atomic mass is 35.5. The molecule has 1 amide bonds. The van der Waals surface area contributed by atoms with Crippen molar-refractivity contribution in [3.63, 3.8) is 0 Å². The summed E-state index contributed by atoms with van der Waals surface area (Å²) < 4.78 is 0. The molecule has 96 valence electrons. The Labute approximate surface area is 112 Å². The summed E-state index contributed by atoms with van der Waals surface area (Å²) in [4.78, 5) is 14.3. The van der Waals surface area contributed by atoms with Gasteiger partial charge in [-0.2, -0.15) is 0 Å². The van der Waals surface area contributed by atoms with Gasteiger partial charge in [-0.15, -0.1) is 0 Å². The first-order chi connectivity index (χ1) is 8.77. The molecule has 1 N–H and O–H groups in total. The van der Waals surface area contributed by atoms with E-state index in [1.807, 2.05) is 29.2 Å². The number of carbonyl (C=O) groups is 1. The SMILES string of the molecule is O=C(C1CC1)N1CCNCC1c1ccccc1Cl. The van der Waals surface area contributed by atoms with Crippen molar-refractivity contribution in [2.24, 2.45) is 5.92 Å². The molecular weight excluding hydrogens is 248 g/mol. The van der Waals surface area contributed by atoms with E-state index in [9.17, 15) is 4.79 Å². The predicted molar refractivity (Wildman–Crippen MR) is 71.5 cm³/mol. The molecular formula is C14H17ClN2O. The minimum absolute atomic E-state index is 0.0838. The van der Waals surface area contributed by atoms with Crippen LogP contribution in [-0.2, 0) is 4.79 Å². The highest BCUT2D eigenvalue weighted by Gasteiger charge is 2.38. The molecule has 1 aromatic rings. The molecule has 1 heterocycles. The molecule has 1 unspecified atom stereocenters. The maximum Gasteiger partial charge on any atom is 0.226 e. The standard InChI is InChI=1S/C14H17ClN2O/c15-12-4-2-1-3-11(12)13-9-16-7-8-17(13)14(18)10-5-6-10/h1-4,10,13,16H,5-9H2. The number of hydrogen-bond acceptors (Lipinski definition) is 2. The fourth-order valence-corrected chi connectivity index (χ4v) is 2.82. The largest absolute Gasteiger partial charge is 0.333 e. The minimum Gasteiger partial charge on any atom is -0.333 e. The van der Waals surface area contributed by atoms with E-state index in [-0.39, 0.29) is 12.0 Å². The number of piperazine rings is 1. The molecule has 1 aromatic carbocycles. The van der Waals surface area contributed by atoms with E-state index in [4.69, 9.17) is 11.6 Å². The van der Waals surface area contributed by atoms with Gasteiger partial charge in [-0.05, 0) is 24.5 Å². The molecule has 3 nitrogen and oxygen atoms in total. The summed E-state index contributed by atoms with van der Waals surface area (Å²) in [6, 6.07) is 7.91. The highest BCUT2D eigenvalue weighted by molar-refractivity contribution is 6.31. The van der Waals surface area contributed by atoms with Gasteiger partial charge < -0.3 is 10.2 Å². The summed E-state index contributed by atoms with van der Waals surface area (Å²) in [7, 11) is 0. The first-order valence-corrected chi connectivity index (χ1v) is 6.91. The fourth-order valence-electron chi connectivity index (χ4n) is 2.56. The van der Waals surface area contributed by atoms with Crippen molar-refractivity contribution in [2.75, 3.05) is 19.6 Å². The zero-order chi connectivity index (χ0) is 12.5. The van der Waals surface area contributed by atoms with Gasteiger partial charge in [-0.25, -0.2) is 0 Å². The third kappa shape index (κ3) is 2.25. The van der Waals surface area contributed by atoms with E-state index < -0.39 is 0 Å². The quantitative estimate of drug-likeness (QED) is 0.888. The lowest BCUT2D eigenvalue weighted by molar-refractivity contribution is -0.135. The van der Waals surface area contributed by atoms with Gasteiger partial charge in [-0.1, -0.05) is 29.8 Å². The molecule has 0 radical (unpaired) electrons. The second-order valence-electron chi connectivity index (χ2n) is 5.05. The van der Waals surface area contributed by atoms with Crippen LogP contribution in [0.4, 0.5) is 0 Å². The van der Waals surface area contributed by atoms with Crippen LogP contribution in [0.15, 0.2) is 24.3 Å². The topological polar surface area (TPSA) is 32.3 Å². The predicted octanol–water partition coefficient (Wildman–Crippen LogP) is 2.22. The van der Waals surface area contributed by atoms with Crippen LogP contribution in [0.2, 0.25) is 5.02 Å². The van der Waals surface area contributed by atoms with Crippen LogP contribution < -0.4 is 5.32 Å². The maximum atomic E-state index is 12.3. The summed E-state index contributed by atoms with van der Waals surface area (Å²) in [5.74, 6) is 0.578. The molecule has 1 saturated heterocycles. The number of hydrogen-bond donors (Lipinski definition) is 1. The monoisotopic (exact) mass is 264 g/mol. The van der Waals surface area contributed by atoms with Crippen molar-refractivity contribution in [2.45, 2.75) is 18.9 Å². The first kappa shape index (κ1) is 12.0. The highest BCUT2D eigenvalue weighted by Crippen LogP contribution is 2.35. The van der Waals surface area contributed by atoms with Crippen LogP contribution >= 0.6 is 11.6 Å². The average molecular weight is 265 g/mol. The summed E-state index contributed by atoms with van der Waals surface area (Å²) in [5, 5.41) is 4.10. The van der Waals surface area contributed by atoms with Crippen molar-refractivity contribution in [1.82, 2.24) is 10.2 Å². The Bertz CT molecular complexity index is 459. The molecule has 1 atom stereocenters. The fraction of sp³-hybridized carbons (Fsp3) is 0.500. The number of benzene rings is 1. The van der Waals surface area contributed by atoms with Crippen LogP contribution in [0.1, 0.15) is 24.4 Å². The molecule has 1 saturated carbocycles. The van der Waals surface area contributed by atoms with Crippen LogP contribution in [0, 0.1) is 5.92 Å². The summed E-state index contributed by atoms with van der Waals surface area (Å²) in [6.07, 6.45) is 2.11. The van der Waals surface area contributed by atoms with E-state index in [1.165, 1.54) is 0 Å². The van der Waals surface area contributed by atoms with Crippen LogP contribution in [0.3, 0.4) is 0 Å². The second-order valence-corrected chi connectivity index (χ2v) is 5.45. The van der Waals surface area contributed by atoms with Crippen LogP contribution in [0.5, 0.6) is 0 Å². The summed E-state index contributed by atoms with van der Waals surface area (Å²) in [6.45, 7) is 2.45. The zero-order valence-electron chi connectivity index (χ0n) is 10.2. The molecule has 0 bridgehead atoms. The lowest BCUT2D eigenvalue weighted by Crippen LogP contribution is -2.49. The lowest BCUT2D eigenvalue weighted by Gasteiger charge is -2.37. The van der Waals surface area contributed by atoms with Crippen LogP contribution in [0.25, 0.3) is 0 Å². The Morgan fingerprint density at radius 1 is 1.33 bits per heavy atom. The Kier molecular flexibility index (Phi) is 3.27. The number of amides is 1. The van der Waals surface area contributed by atoms with Gasteiger partial charge in [0.25, 0.3) is 0 Å². The third-order valence-electron chi connectivity index (χ3n) is 3.72.